The van der Waals surface area contributed by atoms with Gasteiger partial charge in [-0.3, -0.25) is 0 Å². The molecule has 2 heterocycles. The Morgan fingerprint density at radius 3 is 2.62 bits per heavy atom. The molecule has 106 valence electrons. The van der Waals surface area contributed by atoms with Crippen molar-refractivity contribution < 1.29 is 9.90 Å². The SMILES string of the molecule is Cc1c(C(=O)O)nnn1Cc1ccc(-n2ccnc2)cc1. The number of carbonyl (C=O) groups is 1. The van der Waals surface area contributed by atoms with Gasteiger partial charge in [0.2, 0.25) is 0 Å². The van der Waals surface area contributed by atoms with Gasteiger partial charge in [0, 0.05) is 18.1 Å². The molecule has 2 aromatic heterocycles. The van der Waals surface area contributed by atoms with Crippen LogP contribution < -0.4 is 0 Å². The number of hydrogen-bond acceptors (Lipinski definition) is 4. The highest BCUT2D eigenvalue weighted by molar-refractivity contribution is 5.86. The van der Waals surface area contributed by atoms with E-state index < -0.39 is 5.97 Å². The van der Waals surface area contributed by atoms with E-state index in [9.17, 15) is 4.79 Å². The van der Waals surface area contributed by atoms with E-state index in [0.717, 1.165) is 11.3 Å². The van der Waals surface area contributed by atoms with Crippen molar-refractivity contribution in [3.63, 3.8) is 0 Å². The van der Waals surface area contributed by atoms with Crippen LogP contribution in [0.25, 0.3) is 5.69 Å². The van der Waals surface area contributed by atoms with Gasteiger partial charge in [0.1, 0.15) is 0 Å². The van der Waals surface area contributed by atoms with Crippen LogP contribution >= 0.6 is 0 Å². The molecular formula is C14H13N5O2. The maximum Gasteiger partial charge on any atom is 0.358 e. The first-order valence-corrected chi connectivity index (χ1v) is 6.36. The van der Waals surface area contributed by atoms with Crippen LogP contribution in [0.4, 0.5) is 0 Å². The van der Waals surface area contributed by atoms with E-state index in [4.69, 9.17) is 5.11 Å². The highest BCUT2D eigenvalue weighted by Gasteiger charge is 2.14. The average Bonchev–Trinajstić information content (AvgIpc) is 3.11. The minimum atomic E-state index is -1.06. The molecule has 0 bridgehead atoms. The van der Waals surface area contributed by atoms with Gasteiger partial charge in [0.15, 0.2) is 5.69 Å². The van der Waals surface area contributed by atoms with E-state index in [1.54, 1.807) is 24.1 Å². The second-order valence-corrected chi connectivity index (χ2v) is 4.62. The van der Waals surface area contributed by atoms with E-state index in [1.807, 2.05) is 35.0 Å². The van der Waals surface area contributed by atoms with Crippen LogP contribution in [-0.2, 0) is 6.54 Å². The summed E-state index contributed by atoms with van der Waals surface area (Å²) in [6, 6.07) is 7.89. The minimum absolute atomic E-state index is 0.00923. The highest BCUT2D eigenvalue weighted by atomic mass is 16.4. The number of aromatic carboxylic acids is 1. The average molecular weight is 283 g/mol. The molecule has 0 aliphatic carbocycles. The molecule has 21 heavy (non-hydrogen) atoms. The molecule has 0 fully saturated rings. The van der Waals surface area contributed by atoms with E-state index >= 15 is 0 Å². The van der Waals surface area contributed by atoms with Crippen LogP contribution in [0.2, 0.25) is 0 Å². The quantitative estimate of drug-likeness (QED) is 0.784. The van der Waals surface area contributed by atoms with Crippen molar-refractivity contribution in [1.29, 1.82) is 0 Å². The monoisotopic (exact) mass is 283 g/mol. The summed E-state index contributed by atoms with van der Waals surface area (Å²) in [5.74, 6) is -1.06. The number of nitrogens with zero attached hydrogens (tertiary/aromatic N) is 5. The van der Waals surface area contributed by atoms with Crippen molar-refractivity contribution in [2.45, 2.75) is 13.5 Å². The Morgan fingerprint density at radius 1 is 1.29 bits per heavy atom. The van der Waals surface area contributed by atoms with Gasteiger partial charge in [0.25, 0.3) is 0 Å². The Kier molecular flexibility index (Phi) is 3.23. The number of aromatic nitrogens is 5. The van der Waals surface area contributed by atoms with Crippen molar-refractivity contribution >= 4 is 5.97 Å². The summed E-state index contributed by atoms with van der Waals surface area (Å²) in [6.07, 6.45) is 5.32. The zero-order valence-electron chi connectivity index (χ0n) is 11.3. The maximum absolute atomic E-state index is 10.9. The van der Waals surface area contributed by atoms with Crippen LogP contribution in [0.3, 0.4) is 0 Å². The van der Waals surface area contributed by atoms with Crippen molar-refractivity contribution in [2.24, 2.45) is 0 Å². The molecule has 0 spiro atoms. The molecule has 3 aromatic rings. The molecule has 0 saturated heterocycles. The first-order chi connectivity index (χ1) is 10.1. The standard InChI is InChI=1S/C14H13N5O2/c1-10-13(14(20)21)16-17-19(10)8-11-2-4-12(5-3-11)18-7-6-15-9-18/h2-7,9H,8H2,1H3,(H,20,21). The fourth-order valence-electron chi connectivity index (χ4n) is 2.07. The van der Waals surface area contributed by atoms with Gasteiger partial charge in [0.05, 0.1) is 18.6 Å². The van der Waals surface area contributed by atoms with Gasteiger partial charge in [-0.1, -0.05) is 17.3 Å². The second kappa shape index (κ2) is 5.20. The van der Waals surface area contributed by atoms with Gasteiger partial charge in [-0.15, -0.1) is 5.10 Å². The molecule has 7 nitrogen and oxygen atoms in total. The lowest BCUT2D eigenvalue weighted by Gasteiger charge is -2.06. The summed E-state index contributed by atoms with van der Waals surface area (Å²) < 4.78 is 3.49. The lowest BCUT2D eigenvalue weighted by molar-refractivity contribution is 0.0689. The van der Waals surface area contributed by atoms with Gasteiger partial charge in [-0.2, -0.15) is 0 Å². The normalized spacial score (nSPS) is 10.7. The molecule has 0 aliphatic rings. The zero-order chi connectivity index (χ0) is 14.8. The molecule has 3 rings (SSSR count). The first-order valence-electron chi connectivity index (χ1n) is 6.36. The van der Waals surface area contributed by atoms with Crippen LogP contribution in [0, 0.1) is 6.92 Å². The minimum Gasteiger partial charge on any atom is -0.476 e. The number of rotatable bonds is 4. The smallest absolute Gasteiger partial charge is 0.358 e. The number of carboxylic acids is 1. The summed E-state index contributed by atoms with van der Waals surface area (Å²) >= 11 is 0. The largest absolute Gasteiger partial charge is 0.476 e. The van der Waals surface area contributed by atoms with E-state index in [-0.39, 0.29) is 5.69 Å². The predicted molar refractivity (Wildman–Crippen MR) is 74.4 cm³/mol. The summed E-state index contributed by atoms with van der Waals surface area (Å²) in [4.78, 5) is 14.9. The molecule has 0 aliphatic heterocycles. The predicted octanol–water partition coefficient (Wildman–Crippen LogP) is 1.52. The van der Waals surface area contributed by atoms with Gasteiger partial charge < -0.3 is 9.67 Å². The maximum atomic E-state index is 10.9. The summed E-state index contributed by atoms with van der Waals surface area (Å²) in [7, 11) is 0. The topological polar surface area (TPSA) is 85.8 Å². The summed E-state index contributed by atoms with van der Waals surface area (Å²) in [5, 5.41) is 16.5. The number of imidazole rings is 1. The van der Waals surface area contributed by atoms with Crippen LogP contribution in [0.15, 0.2) is 43.0 Å². The Morgan fingerprint density at radius 2 is 2.05 bits per heavy atom. The van der Waals surface area contributed by atoms with Gasteiger partial charge >= 0.3 is 5.97 Å². The lowest BCUT2D eigenvalue weighted by atomic mass is 10.2. The fourth-order valence-corrected chi connectivity index (χ4v) is 2.07. The first kappa shape index (κ1) is 13.0. The Labute approximate surface area is 120 Å². The Bertz CT molecular complexity index is 759. The molecular weight excluding hydrogens is 270 g/mol. The zero-order valence-corrected chi connectivity index (χ0v) is 11.3. The number of hydrogen-bond donors (Lipinski definition) is 1. The molecule has 1 aromatic carbocycles. The van der Waals surface area contributed by atoms with Gasteiger partial charge in [-0.05, 0) is 24.6 Å². The number of benzene rings is 1. The van der Waals surface area contributed by atoms with E-state index in [1.165, 1.54) is 0 Å². The van der Waals surface area contributed by atoms with Crippen LogP contribution in [0.1, 0.15) is 21.7 Å². The third-order valence-electron chi connectivity index (χ3n) is 3.26. The van der Waals surface area contributed by atoms with Crippen molar-refractivity contribution in [3.05, 3.63) is 59.9 Å². The molecule has 0 radical (unpaired) electrons. The van der Waals surface area contributed by atoms with Crippen LogP contribution in [0.5, 0.6) is 0 Å². The lowest BCUT2D eigenvalue weighted by Crippen LogP contribution is -2.06. The van der Waals surface area contributed by atoms with E-state index in [0.29, 0.717) is 12.2 Å². The second-order valence-electron chi connectivity index (χ2n) is 4.62. The molecule has 0 atom stereocenters. The Hall–Kier alpha value is -2.96. The third kappa shape index (κ3) is 2.53. The van der Waals surface area contributed by atoms with Crippen LogP contribution in [-0.4, -0.2) is 35.6 Å². The fraction of sp³-hybridized carbons (Fsp3) is 0.143. The summed E-state index contributed by atoms with van der Waals surface area (Å²) in [5.41, 5.74) is 2.56. The van der Waals surface area contributed by atoms with E-state index in [2.05, 4.69) is 15.3 Å². The molecule has 1 N–H and O–H groups in total. The Balaban J connectivity index is 1.81. The van der Waals surface area contributed by atoms with Crippen molar-refractivity contribution in [1.82, 2.24) is 24.5 Å². The molecule has 0 saturated carbocycles. The third-order valence-corrected chi connectivity index (χ3v) is 3.26. The van der Waals surface area contributed by atoms with Crippen molar-refractivity contribution in [3.8, 4) is 5.69 Å². The number of carboxylic acid groups (broad SMARTS) is 1. The highest BCUT2D eigenvalue weighted by Crippen LogP contribution is 2.12. The summed E-state index contributed by atoms with van der Waals surface area (Å²) in [6.45, 7) is 2.18. The molecule has 7 heteroatoms. The molecule has 0 amide bonds. The molecule has 0 unspecified atom stereocenters. The van der Waals surface area contributed by atoms with Crippen molar-refractivity contribution in [2.75, 3.05) is 0 Å². The van der Waals surface area contributed by atoms with Gasteiger partial charge in [-0.25, -0.2) is 14.5 Å².